The second-order valence-electron chi connectivity index (χ2n) is 4.60. The number of carbonyl (C=O) groups is 1. The van der Waals surface area contributed by atoms with Gasteiger partial charge in [0.15, 0.2) is 0 Å². The second-order valence-corrected chi connectivity index (χ2v) is 4.60. The van der Waals surface area contributed by atoms with Gasteiger partial charge < -0.3 is 9.67 Å². The quantitative estimate of drug-likeness (QED) is 0.902. The van der Waals surface area contributed by atoms with Gasteiger partial charge in [-0.1, -0.05) is 17.7 Å². The molecule has 0 unspecified atom stereocenters. The van der Waals surface area contributed by atoms with E-state index in [1.807, 2.05) is 13.8 Å². The summed E-state index contributed by atoms with van der Waals surface area (Å²) in [6.07, 6.45) is 3.33. The molecule has 0 spiro atoms. The maximum atomic E-state index is 10.6. The van der Waals surface area contributed by atoms with Crippen LogP contribution in [0, 0.1) is 20.8 Å². The van der Waals surface area contributed by atoms with Crippen molar-refractivity contribution in [1.29, 1.82) is 0 Å². The number of imidazole rings is 1. The first-order chi connectivity index (χ1) is 8.47. The Labute approximate surface area is 106 Å². The highest BCUT2D eigenvalue weighted by Crippen LogP contribution is 2.26. The van der Waals surface area contributed by atoms with E-state index >= 15 is 0 Å². The molecule has 1 aromatic carbocycles. The van der Waals surface area contributed by atoms with Crippen LogP contribution in [0.5, 0.6) is 0 Å². The minimum absolute atomic E-state index is 0.0586. The summed E-state index contributed by atoms with van der Waals surface area (Å²) >= 11 is 0. The minimum Gasteiger partial charge on any atom is -0.480 e. The van der Waals surface area contributed by atoms with Gasteiger partial charge in [0.05, 0.1) is 12.0 Å². The molecule has 0 aliphatic carbocycles. The molecule has 4 heteroatoms. The molecule has 0 aliphatic heterocycles. The van der Waals surface area contributed by atoms with Crippen molar-refractivity contribution < 1.29 is 9.90 Å². The largest absolute Gasteiger partial charge is 0.480 e. The topological polar surface area (TPSA) is 55.1 Å². The number of nitrogens with zero attached hydrogens (tertiary/aromatic N) is 2. The monoisotopic (exact) mass is 244 g/mol. The van der Waals surface area contributed by atoms with E-state index in [1.165, 1.54) is 5.56 Å². The Morgan fingerprint density at radius 3 is 2.44 bits per heavy atom. The Hall–Kier alpha value is -2.10. The SMILES string of the molecule is Cc1cc(C)c(-c2cn(CC(=O)O)cn2)c(C)c1. The molecule has 4 nitrogen and oxygen atoms in total. The van der Waals surface area contributed by atoms with E-state index in [1.54, 1.807) is 17.1 Å². The van der Waals surface area contributed by atoms with Gasteiger partial charge in [-0.05, 0) is 31.9 Å². The lowest BCUT2D eigenvalue weighted by molar-refractivity contribution is -0.137. The van der Waals surface area contributed by atoms with Gasteiger partial charge in [-0.2, -0.15) is 0 Å². The van der Waals surface area contributed by atoms with E-state index in [2.05, 4.69) is 24.0 Å². The maximum absolute atomic E-state index is 10.6. The number of aromatic nitrogens is 2. The number of benzene rings is 1. The number of carboxylic acids is 1. The predicted octanol–water partition coefficient (Wildman–Crippen LogP) is 2.56. The van der Waals surface area contributed by atoms with Crippen LogP contribution in [0.25, 0.3) is 11.3 Å². The van der Waals surface area contributed by atoms with Crippen LogP contribution < -0.4 is 0 Å². The Kier molecular flexibility index (Phi) is 3.19. The highest BCUT2D eigenvalue weighted by atomic mass is 16.4. The van der Waals surface area contributed by atoms with Crippen molar-refractivity contribution >= 4 is 5.97 Å². The molecule has 0 amide bonds. The third kappa shape index (κ3) is 2.42. The smallest absolute Gasteiger partial charge is 0.323 e. The van der Waals surface area contributed by atoms with Crippen molar-refractivity contribution in [2.24, 2.45) is 0 Å². The number of aryl methyl sites for hydroxylation is 3. The first kappa shape index (κ1) is 12.4. The molecular formula is C14H16N2O2. The third-order valence-electron chi connectivity index (χ3n) is 2.88. The standard InChI is InChI=1S/C14H16N2O2/c1-9-4-10(2)14(11(3)5-9)12-6-16(8-15-12)7-13(17)18/h4-6,8H,7H2,1-3H3,(H,17,18). The van der Waals surface area contributed by atoms with Crippen molar-refractivity contribution in [1.82, 2.24) is 9.55 Å². The molecule has 1 heterocycles. The average molecular weight is 244 g/mol. The summed E-state index contributed by atoms with van der Waals surface area (Å²) in [7, 11) is 0. The van der Waals surface area contributed by atoms with Crippen molar-refractivity contribution in [3.63, 3.8) is 0 Å². The number of hydrogen-bond acceptors (Lipinski definition) is 2. The van der Waals surface area contributed by atoms with Gasteiger partial charge in [-0.25, -0.2) is 4.98 Å². The van der Waals surface area contributed by atoms with E-state index in [-0.39, 0.29) is 6.54 Å². The Bertz CT molecular complexity index is 577. The van der Waals surface area contributed by atoms with Crippen LogP contribution in [0.4, 0.5) is 0 Å². The first-order valence-corrected chi connectivity index (χ1v) is 5.79. The molecule has 0 fully saturated rings. The average Bonchev–Trinajstić information content (AvgIpc) is 2.63. The summed E-state index contributed by atoms with van der Waals surface area (Å²) in [4.78, 5) is 14.9. The highest BCUT2D eigenvalue weighted by Gasteiger charge is 2.10. The number of aliphatic carboxylic acids is 1. The Morgan fingerprint density at radius 2 is 1.89 bits per heavy atom. The van der Waals surface area contributed by atoms with Crippen LogP contribution >= 0.6 is 0 Å². The van der Waals surface area contributed by atoms with E-state index in [0.29, 0.717) is 0 Å². The van der Waals surface area contributed by atoms with Crippen molar-refractivity contribution in [3.8, 4) is 11.3 Å². The van der Waals surface area contributed by atoms with Crippen LogP contribution in [-0.4, -0.2) is 20.6 Å². The van der Waals surface area contributed by atoms with E-state index in [4.69, 9.17) is 5.11 Å². The lowest BCUT2D eigenvalue weighted by atomic mass is 9.98. The van der Waals surface area contributed by atoms with Gasteiger partial charge >= 0.3 is 5.97 Å². The minimum atomic E-state index is -0.865. The van der Waals surface area contributed by atoms with Crippen LogP contribution in [-0.2, 0) is 11.3 Å². The number of hydrogen-bond donors (Lipinski definition) is 1. The molecule has 2 rings (SSSR count). The normalized spacial score (nSPS) is 10.6. The summed E-state index contributed by atoms with van der Waals surface area (Å²) < 4.78 is 1.58. The molecule has 94 valence electrons. The van der Waals surface area contributed by atoms with Crippen LogP contribution in [0.1, 0.15) is 16.7 Å². The van der Waals surface area contributed by atoms with Crippen molar-refractivity contribution in [2.75, 3.05) is 0 Å². The lowest BCUT2D eigenvalue weighted by Gasteiger charge is -2.08. The molecular weight excluding hydrogens is 228 g/mol. The zero-order valence-corrected chi connectivity index (χ0v) is 10.8. The number of rotatable bonds is 3. The molecule has 0 bridgehead atoms. The van der Waals surface area contributed by atoms with E-state index in [9.17, 15) is 4.79 Å². The summed E-state index contributed by atoms with van der Waals surface area (Å²) in [6.45, 7) is 6.10. The molecule has 0 radical (unpaired) electrons. The molecule has 2 aromatic rings. The summed E-state index contributed by atoms with van der Waals surface area (Å²) in [5.41, 5.74) is 5.45. The molecule has 0 saturated carbocycles. The molecule has 1 N–H and O–H groups in total. The van der Waals surface area contributed by atoms with Crippen LogP contribution in [0.3, 0.4) is 0 Å². The fourth-order valence-electron chi connectivity index (χ4n) is 2.32. The molecule has 18 heavy (non-hydrogen) atoms. The summed E-state index contributed by atoms with van der Waals surface area (Å²) in [5.74, 6) is -0.865. The Balaban J connectivity index is 2.43. The van der Waals surface area contributed by atoms with Crippen LogP contribution in [0.2, 0.25) is 0 Å². The summed E-state index contributed by atoms with van der Waals surface area (Å²) in [6, 6.07) is 4.22. The number of carboxylic acid groups (broad SMARTS) is 1. The van der Waals surface area contributed by atoms with Gasteiger partial charge in [0.1, 0.15) is 6.54 Å². The molecule has 1 aromatic heterocycles. The Morgan fingerprint density at radius 1 is 1.28 bits per heavy atom. The molecule has 0 atom stereocenters. The van der Waals surface area contributed by atoms with Crippen molar-refractivity contribution in [2.45, 2.75) is 27.3 Å². The van der Waals surface area contributed by atoms with Crippen LogP contribution in [0.15, 0.2) is 24.7 Å². The summed E-state index contributed by atoms with van der Waals surface area (Å²) in [5, 5.41) is 8.74. The van der Waals surface area contributed by atoms with Crippen molar-refractivity contribution in [3.05, 3.63) is 41.3 Å². The fraction of sp³-hybridized carbons (Fsp3) is 0.286. The predicted molar refractivity (Wildman–Crippen MR) is 69.5 cm³/mol. The second kappa shape index (κ2) is 4.64. The zero-order valence-electron chi connectivity index (χ0n) is 10.8. The van der Waals surface area contributed by atoms with Gasteiger partial charge in [0, 0.05) is 11.8 Å². The van der Waals surface area contributed by atoms with Gasteiger partial charge in [0.25, 0.3) is 0 Å². The zero-order chi connectivity index (χ0) is 13.3. The van der Waals surface area contributed by atoms with Gasteiger partial charge in [0.2, 0.25) is 0 Å². The molecule has 0 aliphatic rings. The first-order valence-electron chi connectivity index (χ1n) is 5.79. The third-order valence-corrected chi connectivity index (χ3v) is 2.88. The van der Waals surface area contributed by atoms with Gasteiger partial charge in [-0.15, -0.1) is 0 Å². The maximum Gasteiger partial charge on any atom is 0.323 e. The van der Waals surface area contributed by atoms with E-state index in [0.717, 1.165) is 22.4 Å². The van der Waals surface area contributed by atoms with E-state index < -0.39 is 5.97 Å². The highest BCUT2D eigenvalue weighted by molar-refractivity contribution is 5.69. The fourth-order valence-corrected chi connectivity index (χ4v) is 2.32. The van der Waals surface area contributed by atoms with Gasteiger partial charge in [-0.3, -0.25) is 4.79 Å². The lowest BCUT2D eigenvalue weighted by Crippen LogP contribution is -2.06. The molecule has 0 saturated heterocycles.